The molecule has 0 saturated heterocycles. The highest BCUT2D eigenvalue weighted by molar-refractivity contribution is 6.32. The van der Waals surface area contributed by atoms with Gasteiger partial charge in [-0.05, 0) is 24.3 Å². The second-order valence-corrected chi connectivity index (χ2v) is 5.69. The van der Waals surface area contributed by atoms with Crippen molar-refractivity contribution in [2.24, 2.45) is 0 Å². The maximum absolute atomic E-state index is 12.5. The molecule has 126 valence electrons. The van der Waals surface area contributed by atoms with Crippen LogP contribution in [0.25, 0.3) is 0 Å². The average molecular weight is 360 g/mol. The van der Waals surface area contributed by atoms with Crippen molar-refractivity contribution in [3.63, 3.8) is 0 Å². The van der Waals surface area contributed by atoms with Crippen LogP contribution in [-0.2, 0) is 4.84 Å². The molecule has 2 heterocycles. The van der Waals surface area contributed by atoms with Crippen molar-refractivity contribution in [1.82, 2.24) is 5.06 Å². The summed E-state index contributed by atoms with van der Waals surface area (Å²) in [6.07, 6.45) is 0. The van der Waals surface area contributed by atoms with Gasteiger partial charge in [0.25, 0.3) is 11.8 Å². The lowest BCUT2D eigenvalue weighted by atomic mass is 10.1. The molecule has 0 spiro atoms. The maximum atomic E-state index is 12.5. The molecule has 25 heavy (non-hydrogen) atoms. The number of ether oxygens (including phenoxy) is 2. The number of benzene rings is 2. The van der Waals surface area contributed by atoms with E-state index in [9.17, 15) is 14.4 Å². The summed E-state index contributed by atoms with van der Waals surface area (Å²) in [6, 6.07) is 9.06. The molecule has 2 aliphatic heterocycles. The minimum Gasteiger partial charge on any atom is -0.485 e. The largest absolute Gasteiger partial charge is 0.485 e. The third kappa shape index (κ3) is 2.40. The van der Waals surface area contributed by atoms with Crippen LogP contribution in [0.3, 0.4) is 0 Å². The van der Waals surface area contributed by atoms with Crippen LogP contribution < -0.4 is 9.47 Å². The number of fused-ring (bicyclic) bond motifs is 2. The Bertz CT molecular complexity index is 890. The summed E-state index contributed by atoms with van der Waals surface area (Å²) in [5.74, 6) is -1.97. The molecule has 2 amide bonds. The summed E-state index contributed by atoms with van der Waals surface area (Å²) in [6.45, 7) is 0.532. The van der Waals surface area contributed by atoms with Crippen molar-refractivity contribution in [2.75, 3.05) is 13.2 Å². The van der Waals surface area contributed by atoms with Crippen LogP contribution in [0.2, 0.25) is 5.02 Å². The summed E-state index contributed by atoms with van der Waals surface area (Å²) in [5, 5.41) is 0.726. The van der Waals surface area contributed by atoms with Gasteiger partial charge in [-0.25, -0.2) is 4.79 Å². The first-order chi connectivity index (χ1) is 12.1. The average Bonchev–Trinajstić information content (AvgIpc) is 2.87. The van der Waals surface area contributed by atoms with E-state index in [1.165, 1.54) is 24.3 Å². The summed E-state index contributed by atoms with van der Waals surface area (Å²) in [7, 11) is 0. The lowest BCUT2D eigenvalue weighted by Crippen LogP contribution is -2.33. The van der Waals surface area contributed by atoms with Crippen LogP contribution >= 0.6 is 11.6 Å². The zero-order chi connectivity index (χ0) is 17.6. The van der Waals surface area contributed by atoms with Gasteiger partial charge in [0.05, 0.1) is 16.1 Å². The fourth-order valence-electron chi connectivity index (χ4n) is 2.65. The Labute approximate surface area is 146 Å². The van der Waals surface area contributed by atoms with E-state index in [4.69, 9.17) is 25.9 Å². The zero-order valence-corrected chi connectivity index (χ0v) is 13.4. The van der Waals surface area contributed by atoms with Crippen molar-refractivity contribution < 1.29 is 28.7 Å². The van der Waals surface area contributed by atoms with Crippen molar-refractivity contribution in [3.8, 4) is 11.5 Å². The van der Waals surface area contributed by atoms with E-state index in [1.807, 2.05) is 0 Å². The highest BCUT2D eigenvalue weighted by Gasteiger charge is 2.39. The van der Waals surface area contributed by atoms with Crippen LogP contribution in [0, 0.1) is 0 Å². The van der Waals surface area contributed by atoms with Gasteiger partial charge in [0.15, 0.2) is 11.5 Å². The highest BCUT2D eigenvalue weighted by atomic mass is 35.5. The van der Waals surface area contributed by atoms with Gasteiger partial charge < -0.3 is 14.3 Å². The molecule has 0 fully saturated rings. The monoisotopic (exact) mass is 359 g/mol. The molecule has 2 aliphatic rings. The van der Waals surface area contributed by atoms with E-state index in [-0.39, 0.29) is 39.8 Å². The number of halogens is 1. The minimum atomic E-state index is -0.923. The van der Waals surface area contributed by atoms with Gasteiger partial charge in [-0.3, -0.25) is 9.59 Å². The first-order valence-electron chi connectivity index (χ1n) is 7.36. The molecule has 8 heteroatoms. The Morgan fingerprint density at radius 2 is 1.56 bits per heavy atom. The van der Waals surface area contributed by atoms with E-state index in [1.54, 1.807) is 12.1 Å². The SMILES string of the molecule is O=C(ON1C(=O)c2ccccc2C1=O)c1ccc(Cl)c2c1OCCO2. The number of hydrogen-bond donors (Lipinski definition) is 0. The number of rotatable bonds is 2. The number of carbonyl (C=O) groups is 3. The quantitative estimate of drug-likeness (QED) is 0.766. The summed E-state index contributed by atoms with van der Waals surface area (Å²) in [5.41, 5.74) is 0.367. The molecule has 2 aromatic rings. The summed E-state index contributed by atoms with van der Waals surface area (Å²) >= 11 is 6.02. The smallest absolute Gasteiger partial charge is 0.367 e. The molecule has 0 aliphatic carbocycles. The first-order valence-corrected chi connectivity index (χ1v) is 7.74. The Balaban J connectivity index is 1.64. The third-order valence-corrected chi connectivity index (χ3v) is 4.09. The predicted molar refractivity (Wildman–Crippen MR) is 84.8 cm³/mol. The van der Waals surface area contributed by atoms with Gasteiger partial charge in [-0.1, -0.05) is 28.8 Å². The highest BCUT2D eigenvalue weighted by Crippen LogP contribution is 2.40. The van der Waals surface area contributed by atoms with Gasteiger partial charge in [0.1, 0.15) is 18.8 Å². The fraction of sp³-hybridized carbons (Fsp3) is 0.118. The molecule has 0 saturated carbocycles. The molecule has 0 bridgehead atoms. The van der Waals surface area contributed by atoms with E-state index in [0.29, 0.717) is 11.7 Å². The van der Waals surface area contributed by atoms with Gasteiger partial charge >= 0.3 is 5.97 Å². The molecule has 0 N–H and O–H groups in total. The standard InChI is InChI=1S/C17H10ClNO6/c18-12-6-5-11(13-14(12)24-8-7-23-13)17(22)25-19-15(20)9-3-1-2-4-10(9)16(19)21/h1-6H,7-8H2. The number of hydroxylamine groups is 2. The molecule has 0 radical (unpaired) electrons. The van der Waals surface area contributed by atoms with Crippen molar-refractivity contribution in [3.05, 3.63) is 58.1 Å². The second kappa shape index (κ2) is 5.78. The molecule has 4 rings (SSSR count). The lowest BCUT2D eigenvalue weighted by molar-refractivity contribution is -0.0587. The fourth-order valence-corrected chi connectivity index (χ4v) is 2.85. The van der Waals surface area contributed by atoms with Gasteiger partial charge in [-0.15, -0.1) is 0 Å². The summed E-state index contributed by atoms with van der Waals surface area (Å²) < 4.78 is 10.8. The first kappa shape index (κ1) is 15.5. The van der Waals surface area contributed by atoms with Gasteiger partial charge in [0, 0.05) is 0 Å². The van der Waals surface area contributed by atoms with E-state index in [0.717, 1.165) is 0 Å². The van der Waals surface area contributed by atoms with E-state index >= 15 is 0 Å². The van der Waals surface area contributed by atoms with E-state index < -0.39 is 17.8 Å². The Hall–Kier alpha value is -3.06. The third-order valence-electron chi connectivity index (χ3n) is 3.79. The normalized spacial score (nSPS) is 15.2. The molecule has 0 unspecified atom stereocenters. The van der Waals surface area contributed by atoms with Crippen molar-refractivity contribution in [2.45, 2.75) is 0 Å². The molecule has 0 aromatic heterocycles. The van der Waals surface area contributed by atoms with Gasteiger partial charge in [-0.2, -0.15) is 0 Å². The predicted octanol–water partition coefficient (Wildman–Crippen LogP) is 2.48. The molecular weight excluding hydrogens is 350 g/mol. The number of imide groups is 1. The Kier molecular flexibility index (Phi) is 3.58. The molecule has 7 nitrogen and oxygen atoms in total. The maximum Gasteiger partial charge on any atom is 0.367 e. The lowest BCUT2D eigenvalue weighted by Gasteiger charge is -2.22. The number of nitrogens with zero attached hydrogens (tertiary/aromatic N) is 1. The number of carbonyl (C=O) groups excluding carboxylic acids is 3. The van der Waals surface area contributed by atoms with Crippen LogP contribution in [-0.4, -0.2) is 36.1 Å². The van der Waals surface area contributed by atoms with Crippen LogP contribution in [0.4, 0.5) is 0 Å². The minimum absolute atomic E-state index is 0.00987. The topological polar surface area (TPSA) is 82.1 Å². The number of amides is 2. The van der Waals surface area contributed by atoms with Crippen LogP contribution in [0.15, 0.2) is 36.4 Å². The Morgan fingerprint density at radius 1 is 0.960 bits per heavy atom. The summed E-state index contributed by atoms with van der Waals surface area (Å²) in [4.78, 5) is 42.0. The van der Waals surface area contributed by atoms with Gasteiger partial charge in [0.2, 0.25) is 0 Å². The van der Waals surface area contributed by atoms with Crippen LogP contribution in [0.1, 0.15) is 31.1 Å². The Morgan fingerprint density at radius 3 is 2.20 bits per heavy atom. The van der Waals surface area contributed by atoms with Crippen molar-refractivity contribution >= 4 is 29.4 Å². The molecule has 0 atom stereocenters. The number of hydrogen-bond acceptors (Lipinski definition) is 6. The molecule has 2 aromatic carbocycles. The second-order valence-electron chi connectivity index (χ2n) is 5.28. The van der Waals surface area contributed by atoms with E-state index in [2.05, 4.69) is 0 Å². The van der Waals surface area contributed by atoms with Crippen LogP contribution in [0.5, 0.6) is 11.5 Å². The van der Waals surface area contributed by atoms with Crippen molar-refractivity contribution in [1.29, 1.82) is 0 Å². The molecular formula is C17H10ClNO6. The zero-order valence-electron chi connectivity index (χ0n) is 12.7.